The van der Waals surface area contributed by atoms with Gasteiger partial charge in [0.25, 0.3) is 0 Å². The van der Waals surface area contributed by atoms with Crippen LogP contribution in [-0.2, 0) is 16.0 Å². The Kier molecular flexibility index (Phi) is 2.96. The van der Waals surface area contributed by atoms with Gasteiger partial charge in [-0.3, -0.25) is 4.79 Å². The second kappa shape index (κ2) is 4.98. The van der Waals surface area contributed by atoms with E-state index in [9.17, 15) is 9.18 Å². The van der Waals surface area contributed by atoms with E-state index in [1.165, 1.54) is 12.1 Å². The van der Waals surface area contributed by atoms with Crippen LogP contribution in [0.5, 0.6) is 0 Å². The summed E-state index contributed by atoms with van der Waals surface area (Å²) >= 11 is 0. The van der Waals surface area contributed by atoms with Crippen molar-refractivity contribution in [3.63, 3.8) is 0 Å². The first-order valence-corrected chi connectivity index (χ1v) is 7.16. The smallest absolute Gasteiger partial charge is 0.309 e. The Hall–Kier alpha value is -2.62. The third-order valence-corrected chi connectivity index (χ3v) is 3.93. The van der Waals surface area contributed by atoms with Crippen molar-refractivity contribution in [3.05, 3.63) is 59.9 Å². The molecule has 3 aromatic rings. The maximum absolute atomic E-state index is 13.1. The first-order valence-electron chi connectivity index (χ1n) is 7.16. The molecule has 1 fully saturated rings. The summed E-state index contributed by atoms with van der Waals surface area (Å²) in [5.41, 5.74) is 2.60. The summed E-state index contributed by atoms with van der Waals surface area (Å²) in [6.45, 7) is 0. The van der Waals surface area contributed by atoms with Crippen LogP contribution in [0.4, 0.5) is 4.39 Å². The Morgan fingerprint density at radius 1 is 1.09 bits per heavy atom. The summed E-state index contributed by atoms with van der Waals surface area (Å²) in [7, 11) is 0. The summed E-state index contributed by atoms with van der Waals surface area (Å²) < 4.78 is 24.2. The van der Waals surface area contributed by atoms with Gasteiger partial charge in [0.1, 0.15) is 23.3 Å². The lowest BCUT2D eigenvalue weighted by atomic mass is 9.97. The molecular weight excluding hydrogens is 283 g/mol. The summed E-state index contributed by atoms with van der Waals surface area (Å²) in [4.78, 5) is 11.0. The van der Waals surface area contributed by atoms with E-state index in [1.54, 1.807) is 12.1 Å². The molecule has 2 aromatic carbocycles. The van der Waals surface area contributed by atoms with Crippen molar-refractivity contribution in [1.82, 2.24) is 0 Å². The van der Waals surface area contributed by atoms with Crippen molar-refractivity contribution < 1.29 is 18.3 Å². The SMILES string of the molecule is O=C1CC(Cc2c(-c3ccc(F)cc3)oc3ccccc23)O1. The van der Waals surface area contributed by atoms with Gasteiger partial charge in [-0.2, -0.15) is 0 Å². The van der Waals surface area contributed by atoms with Crippen LogP contribution in [0.1, 0.15) is 12.0 Å². The van der Waals surface area contributed by atoms with Crippen molar-refractivity contribution >= 4 is 16.9 Å². The zero-order valence-corrected chi connectivity index (χ0v) is 11.7. The van der Waals surface area contributed by atoms with Gasteiger partial charge < -0.3 is 9.15 Å². The minimum absolute atomic E-state index is 0.104. The fraction of sp³-hybridized carbons (Fsp3) is 0.167. The van der Waals surface area contributed by atoms with Gasteiger partial charge in [-0.1, -0.05) is 18.2 Å². The van der Waals surface area contributed by atoms with E-state index in [4.69, 9.17) is 9.15 Å². The lowest BCUT2D eigenvalue weighted by molar-refractivity contribution is -0.169. The molecule has 22 heavy (non-hydrogen) atoms. The van der Waals surface area contributed by atoms with Gasteiger partial charge in [-0.05, 0) is 30.3 Å². The van der Waals surface area contributed by atoms with Crippen molar-refractivity contribution in [3.8, 4) is 11.3 Å². The molecule has 0 bridgehead atoms. The molecule has 1 aliphatic rings. The number of hydrogen-bond donors (Lipinski definition) is 0. The van der Waals surface area contributed by atoms with Gasteiger partial charge in [0.2, 0.25) is 0 Å². The molecule has 0 saturated carbocycles. The van der Waals surface area contributed by atoms with Gasteiger partial charge in [-0.25, -0.2) is 4.39 Å². The molecule has 0 radical (unpaired) electrons. The number of ether oxygens (including phenoxy) is 1. The zero-order chi connectivity index (χ0) is 15.1. The second-order valence-corrected chi connectivity index (χ2v) is 5.43. The first kappa shape index (κ1) is 13.1. The maximum atomic E-state index is 13.1. The Labute approximate surface area is 126 Å². The number of cyclic esters (lactones) is 1. The van der Waals surface area contributed by atoms with Crippen LogP contribution in [0.2, 0.25) is 0 Å². The average molecular weight is 296 g/mol. The Morgan fingerprint density at radius 3 is 2.55 bits per heavy atom. The number of halogens is 1. The van der Waals surface area contributed by atoms with Crippen LogP contribution in [0.25, 0.3) is 22.3 Å². The van der Waals surface area contributed by atoms with Crippen LogP contribution < -0.4 is 0 Å². The summed E-state index contributed by atoms with van der Waals surface area (Å²) in [5, 5.41) is 1.00. The Balaban J connectivity index is 1.82. The van der Waals surface area contributed by atoms with Gasteiger partial charge in [-0.15, -0.1) is 0 Å². The van der Waals surface area contributed by atoms with Crippen molar-refractivity contribution in [2.45, 2.75) is 18.9 Å². The monoisotopic (exact) mass is 296 g/mol. The van der Waals surface area contributed by atoms with Gasteiger partial charge in [0.05, 0.1) is 6.42 Å². The van der Waals surface area contributed by atoms with Crippen molar-refractivity contribution in [2.75, 3.05) is 0 Å². The molecule has 1 unspecified atom stereocenters. The third-order valence-electron chi connectivity index (χ3n) is 3.93. The number of furan rings is 1. The molecular formula is C18H13FO3. The molecule has 1 aromatic heterocycles. The van der Waals surface area contributed by atoms with Gasteiger partial charge >= 0.3 is 5.97 Å². The van der Waals surface area contributed by atoms with Gasteiger partial charge in [0, 0.05) is 22.9 Å². The number of carbonyl (C=O) groups is 1. The van der Waals surface area contributed by atoms with Crippen LogP contribution in [0, 0.1) is 5.82 Å². The summed E-state index contributed by atoms with van der Waals surface area (Å²) in [6, 6.07) is 14.0. The van der Waals surface area contributed by atoms with Crippen LogP contribution in [-0.4, -0.2) is 12.1 Å². The van der Waals surface area contributed by atoms with E-state index in [0.717, 1.165) is 22.1 Å². The van der Waals surface area contributed by atoms with Crippen LogP contribution in [0.15, 0.2) is 52.9 Å². The van der Waals surface area contributed by atoms with E-state index in [1.807, 2.05) is 24.3 Å². The van der Waals surface area contributed by atoms with E-state index in [-0.39, 0.29) is 17.9 Å². The molecule has 4 heteroatoms. The molecule has 0 amide bonds. The number of rotatable bonds is 3. The van der Waals surface area contributed by atoms with E-state index >= 15 is 0 Å². The molecule has 0 N–H and O–H groups in total. The molecule has 0 spiro atoms. The lowest BCUT2D eigenvalue weighted by Crippen LogP contribution is -2.34. The normalized spacial score (nSPS) is 17.3. The molecule has 4 rings (SSSR count). The minimum Gasteiger partial charge on any atom is -0.461 e. The molecule has 1 aliphatic heterocycles. The molecule has 1 atom stereocenters. The molecule has 1 saturated heterocycles. The molecule has 0 aliphatic carbocycles. The average Bonchev–Trinajstić information content (AvgIpc) is 2.85. The Morgan fingerprint density at radius 2 is 1.82 bits per heavy atom. The fourth-order valence-corrected chi connectivity index (χ4v) is 2.84. The number of carbonyl (C=O) groups excluding carboxylic acids is 1. The van der Waals surface area contributed by atoms with E-state index in [2.05, 4.69) is 0 Å². The number of fused-ring (bicyclic) bond motifs is 1. The quantitative estimate of drug-likeness (QED) is 0.683. The predicted molar refractivity (Wildman–Crippen MR) is 79.8 cm³/mol. The van der Waals surface area contributed by atoms with E-state index in [0.29, 0.717) is 18.6 Å². The van der Waals surface area contributed by atoms with Crippen LogP contribution in [0.3, 0.4) is 0 Å². The van der Waals surface area contributed by atoms with E-state index < -0.39 is 0 Å². The predicted octanol–water partition coefficient (Wildman–Crippen LogP) is 4.10. The number of hydrogen-bond acceptors (Lipinski definition) is 3. The minimum atomic E-state index is -0.283. The van der Waals surface area contributed by atoms with Crippen LogP contribution >= 0.6 is 0 Å². The highest BCUT2D eigenvalue weighted by Crippen LogP contribution is 2.36. The maximum Gasteiger partial charge on any atom is 0.309 e. The standard InChI is InChI=1S/C18H13FO3/c19-12-7-5-11(6-8-12)18-15(9-13-10-17(20)21-13)14-3-1-2-4-16(14)22-18/h1-8,13H,9-10H2. The largest absolute Gasteiger partial charge is 0.461 e. The zero-order valence-electron chi connectivity index (χ0n) is 11.7. The van der Waals surface area contributed by atoms with Crippen molar-refractivity contribution in [1.29, 1.82) is 0 Å². The fourth-order valence-electron chi connectivity index (χ4n) is 2.84. The van der Waals surface area contributed by atoms with Crippen molar-refractivity contribution in [2.24, 2.45) is 0 Å². The van der Waals surface area contributed by atoms with Gasteiger partial charge in [0.15, 0.2) is 0 Å². The number of esters is 1. The highest BCUT2D eigenvalue weighted by molar-refractivity contribution is 5.88. The number of benzene rings is 2. The summed E-state index contributed by atoms with van der Waals surface area (Å²) in [6.07, 6.45) is 0.936. The molecule has 3 nitrogen and oxygen atoms in total. The highest BCUT2D eigenvalue weighted by Gasteiger charge is 2.31. The molecule has 2 heterocycles. The highest BCUT2D eigenvalue weighted by atomic mass is 19.1. The first-order chi connectivity index (χ1) is 10.7. The second-order valence-electron chi connectivity index (χ2n) is 5.43. The topological polar surface area (TPSA) is 39.4 Å². The number of para-hydroxylation sites is 1. The molecule has 110 valence electrons. The lowest BCUT2D eigenvalue weighted by Gasteiger charge is -2.25. The third kappa shape index (κ3) is 2.17. The Bertz CT molecular complexity index is 840. The summed E-state index contributed by atoms with van der Waals surface area (Å²) in [5.74, 6) is 0.264.